The van der Waals surface area contributed by atoms with E-state index in [1.54, 1.807) is 41.7 Å². The van der Waals surface area contributed by atoms with Crippen LogP contribution in [0.4, 0.5) is 0 Å². The number of nitrogens with one attached hydrogen (secondary N) is 2. The number of benzene rings is 1. The molecule has 0 aromatic heterocycles. The molecule has 1 unspecified atom stereocenters. The lowest BCUT2D eigenvalue weighted by atomic mass is 9.98. The van der Waals surface area contributed by atoms with Gasteiger partial charge in [-0.3, -0.25) is 4.99 Å². The maximum absolute atomic E-state index is 12.7. The molecule has 2 aliphatic rings. The molecule has 2 heterocycles. The van der Waals surface area contributed by atoms with Gasteiger partial charge in [0.1, 0.15) is 0 Å². The van der Waals surface area contributed by atoms with Crippen LogP contribution in [0.3, 0.4) is 0 Å². The van der Waals surface area contributed by atoms with E-state index >= 15 is 0 Å². The van der Waals surface area contributed by atoms with Gasteiger partial charge in [0.15, 0.2) is 15.8 Å². The van der Waals surface area contributed by atoms with Gasteiger partial charge in [-0.2, -0.15) is 4.31 Å². The Labute approximate surface area is 190 Å². The fourth-order valence-corrected chi connectivity index (χ4v) is 6.80. The number of aliphatic imine (C=N–C) groups is 1. The second-order valence-corrected chi connectivity index (χ2v) is 11.5. The molecule has 0 saturated carbocycles. The highest BCUT2D eigenvalue weighted by Gasteiger charge is 2.30. The molecule has 1 aromatic carbocycles. The van der Waals surface area contributed by atoms with Crippen LogP contribution in [-0.2, 0) is 19.9 Å². The summed E-state index contributed by atoms with van der Waals surface area (Å²) in [5.41, 5.74) is 0. The lowest BCUT2D eigenvalue weighted by molar-refractivity contribution is 0.273. The van der Waals surface area contributed by atoms with Crippen LogP contribution in [0.1, 0.15) is 19.3 Å². The summed E-state index contributed by atoms with van der Waals surface area (Å²) in [6.45, 7) is 1.67. The molecule has 1 aromatic rings. The fraction of sp³-hybridized carbons (Fsp3) is 0.611. The highest BCUT2D eigenvalue weighted by atomic mass is 127. The minimum absolute atomic E-state index is 0. The average Bonchev–Trinajstić information content (AvgIpc) is 3.04. The predicted molar refractivity (Wildman–Crippen MR) is 125 cm³/mol. The number of guanidine groups is 1. The second-order valence-electron chi connectivity index (χ2n) is 7.36. The van der Waals surface area contributed by atoms with Crippen LogP contribution in [-0.4, -0.2) is 71.3 Å². The molecule has 2 fully saturated rings. The minimum atomic E-state index is -3.43. The van der Waals surface area contributed by atoms with Crippen LogP contribution >= 0.6 is 24.0 Å². The SMILES string of the molecule is CN=C(NCC1CCN(S(=O)(=O)c2ccccc2)CC1)NC1CCS(=O)(=O)C1.I. The summed E-state index contributed by atoms with van der Waals surface area (Å²) in [5, 5.41) is 6.42. The first-order valence-corrected chi connectivity index (χ1v) is 12.8. The molecule has 3 rings (SSSR count). The van der Waals surface area contributed by atoms with Gasteiger partial charge in [-0.25, -0.2) is 16.8 Å². The Morgan fingerprint density at radius 1 is 1.17 bits per heavy atom. The van der Waals surface area contributed by atoms with E-state index in [2.05, 4.69) is 15.6 Å². The molecule has 2 N–H and O–H groups in total. The maximum Gasteiger partial charge on any atom is 0.243 e. The number of halogens is 1. The molecule has 2 aliphatic heterocycles. The first-order chi connectivity index (χ1) is 13.3. The molecule has 0 aliphatic carbocycles. The Morgan fingerprint density at radius 3 is 2.38 bits per heavy atom. The molecule has 0 radical (unpaired) electrons. The number of hydrogen-bond acceptors (Lipinski definition) is 5. The van der Waals surface area contributed by atoms with E-state index in [0.717, 1.165) is 12.8 Å². The van der Waals surface area contributed by atoms with Crippen molar-refractivity contribution >= 4 is 49.8 Å². The van der Waals surface area contributed by atoms with Crippen LogP contribution in [0.25, 0.3) is 0 Å². The number of rotatable bonds is 5. The van der Waals surface area contributed by atoms with Gasteiger partial charge < -0.3 is 10.6 Å². The van der Waals surface area contributed by atoms with Crippen molar-refractivity contribution in [3.63, 3.8) is 0 Å². The summed E-state index contributed by atoms with van der Waals surface area (Å²) in [6.07, 6.45) is 2.14. The largest absolute Gasteiger partial charge is 0.356 e. The van der Waals surface area contributed by atoms with Crippen LogP contribution in [0.5, 0.6) is 0 Å². The maximum atomic E-state index is 12.7. The Balaban J connectivity index is 0.00000300. The molecule has 0 amide bonds. The highest BCUT2D eigenvalue weighted by Crippen LogP contribution is 2.23. The van der Waals surface area contributed by atoms with Gasteiger partial charge in [-0.15, -0.1) is 24.0 Å². The average molecular weight is 556 g/mol. The zero-order valence-electron chi connectivity index (χ0n) is 16.5. The van der Waals surface area contributed by atoms with Crippen LogP contribution < -0.4 is 10.6 Å². The Kier molecular flexibility index (Phi) is 8.73. The van der Waals surface area contributed by atoms with Gasteiger partial charge in [0.05, 0.1) is 16.4 Å². The molecular formula is C18H29IN4O4S2. The summed E-state index contributed by atoms with van der Waals surface area (Å²) in [4.78, 5) is 4.51. The van der Waals surface area contributed by atoms with Crippen LogP contribution in [0.2, 0.25) is 0 Å². The van der Waals surface area contributed by atoms with E-state index in [0.29, 0.717) is 42.8 Å². The van der Waals surface area contributed by atoms with Crippen molar-refractivity contribution in [3.8, 4) is 0 Å². The molecule has 0 bridgehead atoms. The van der Waals surface area contributed by atoms with Gasteiger partial charge in [-0.1, -0.05) is 18.2 Å². The molecule has 164 valence electrons. The normalized spacial score (nSPS) is 23.3. The number of hydrogen-bond donors (Lipinski definition) is 2. The molecule has 11 heteroatoms. The molecular weight excluding hydrogens is 527 g/mol. The standard InChI is InChI=1S/C18H28N4O4S2.HI/c1-19-18(21-16-9-12-27(23,24)14-16)20-13-15-7-10-22(11-8-15)28(25,26)17-5-3-2-4-6-17;/h2-6,15-16H,7-14H2,1H3,(H2,19,20,21);1H. The van der Waals surface area contributed by atoms with Crippen LogP contribution in [0, 0.1) is 5.92 Å². The summed E-state index contributed by atoms with van der Waals surface area (Å²) in [6, 6.07) is 8.42. The Hall–Kier alpha value is -0.920. The van der Waals surface area contributed by atoms with Gasteiger partial charge in [0.25, 0.3) is 0 Å². The Bertz CT molecular complexity index is 899. The number of piperidine rings is 1. The fourth-order valence-electron chi connectivity index (χ4n) is 3.63. The quantitative estimate of drug-likeness (QED) is 0.319. The van der Waals surface area contributed by atoms with Gasteiger partial charge >= 0.3 is 0 Å². The van der Waals surface area contributed by atoms with E-state index in [4.69, 9.17) is 0 Å². The predicted octanol–water partition coefficient (Wildman–Crippen LogP) is 1.06. The molecule has 2 saturated heterocycles. The number of sulfonamides is 1. The third-order valence-electron chi connectivity index (χ3n) is 5.31. The highest BCUT2D eigenvalue weighted by molar-refractivity contribution is 14.0. The second kappa shape index (κ2) is 10.4. The molecule has 1 atom stereocenters. The van der Waals surface area contributed by atoms with E-state index in [9.17, 15) is 16.8 Å². The van der Waals surface area contributed by atoms with Crippen molar-refractivity contribution in [2.24, 2.45) is 10.9 Å². The monoisotopic (exact) mass is 556 g/mol. The van der Waals surface area contributed by atoms with E-state index in [-0.39, 0.29) is 41.5 Å². The zero-order valence-corrected chi connectivity index (χ0v) is 20.4. The van der Waals surface area contributed by atoms with Crippen molar-refractivity contribution in [2.75, 3.05) is 38.2 Å². The third kappa shape index (κ3) is 6.53. The first-order valence-electron chi connectivity index (χ1n) is 9.53. The lowest BCUT2D eigenvalue weighted by Gasteiger charge is -2.31. The van der Waals surface area contributed by atoms with E-state index < -0.39 is 19.9 Å². The lowest BCUT2D eigenvalue weighted by Crippen LogP contribution is -2.47. The minimum Gasteiger partial charge on any atom is -0.356 e. The van der Waals surface area contributed by atoms with E-state index in [1.807, 2.05) is 0 Å². The van der Waals surface area contributed by atoms with Crippen molar-refractivity contribution < 1.29 is 16.8 Å². The van der Waals surface area contributed by atoms with Crippen molar-refractivity contribution in [3.05, 3.63) is 30.3 Å². The van der Waals surface area contributed by atoms with Gasteiger partial charge in [0.2, 0.25) is 10.0 Å². The summed E-state index contributed by atoms with van der Waals surface area (Å²) < 4.78 is 50.1. The van der Waals surface area contributed by atoms with Gasteiger partial charge in [0, 0.05) is 32.7 Å². The molecule has 8 nitrogen and oxygen atoms in total. The summed E-state index contributed by atoms with van der Waals surface area (Å²) in [7, 11) is -4.70. The number of sulfone groups is 1. The van der Waals surface area contributed by atoms with Crippen LogP contribution in [0.15, 0.2) is 40.2 Å². The molecule has 0 spiro atoms. The zero-order chi connectivity index (χ0) is 20.2. The number of nitrogens with zero attached hydrogens (tertiary/aromatic N) is 2. The Morgan fingerprint density at radius 2 is 1.83 bits per heavy atom. The molecule has 29 heavy (non-hydrogen) atoms. The first kappa shape index (κ1) is 24.4. The third-order valence-corrected chi connectivity index (χ3v) is 8.99. The topological polar surface area (TPSA) is 108 Å². The van der Waals surface area contributed by atoms with Crippen molar-refractivity contribution in [1.29, 1.82) is 0 Å². The summed E-state index contributed by atoms with van der Waals surface area (Å²) >= 11 is 0. The van der Waals surface area contributed by atoms with Crippen molar-refractivity contribution in [1.82, 2.24) is 14.9 Å². The van der Waals surface area contributed by atoms with Crippen molar-refractivity contribution in [2.45, 2.75) is 30.2 Å². The summed E-state index contributed by atoms with van der Waals surface area (Å²) in [5.74, 6) is 1.30. The van der Waals surface area contributed by atoms with E-state index in [1.165, 1.54) is 0 Å². The smallest absolute Gasteiger partial charge is 0.243 e. The van der Waals surface area contributed by atoms with Gasteiger partial charge in [-0.05, 0) is 37.3 Å².